The van der Waals surface area contributed by atoms with E-state index in [9.17, 15) is 8.78 Å². The Morgan fingerprint density at radius 2 is 1.62 bits per heavy atom. The van der Waals surface area contributed by atoms with E-state index in [1.807, 2.05) is 21.9 Å². The third-order valence-electron chi connectivity index (χ3n) is 5.60. The Balaban J connectivity index is 1.55. The highest BCUT2D eigenvalue weighted by atomic mass is 19.1. The number of rotatable bonds is 2. The minimum Gasteiger partial charge on any atom is -0.306 e. The summed E-state index contributed by atoms with van der Waals surface area (Å²) in [6, 6.07) is 2.94. The molecule has 0 saturated heterocycles. The Morgan fingerprint density at radius 3 is 2.38 bits per heavy atom. The second-order valence-corrected chi connectivity index (χ2v) is 7.20. The Bertz CT molecular complexity index is 1190. The van der Waals surface area contributed by atoms with Crippen LogP contribution in [0.5, 0.6) is 0 Å². The molecule has 2 unspecified atom stereocenters. The lowest BCUT2D eigenvalue weighted by Gasteiger charge is -2.00. The van der Waals surface area contributed by atoms with Gasteiger partial charge >= 0.3 is 0 Å². The summed E-state index contributed by atoms with van der Waals surface area (Å²) in [6.45, 7) is 5.52. The van der Waals surface area contributed by atoms with Gasteiger partial charge in [-0.05, 0) is 39.3 Å². The molecular weight excluding hydrogens is 334 g/mol. The molecule has 4 aromatic heterocycles. The van der Waals surface area contributed by atoms with E-state index in [-0.39, 0.29) is 23.5 Å². The van der Waals surface area contributed by atoms with Gasteiger partial charge in [0.2, 0.25) is 0 Å². The van der Waals surface area contributed by atoms with Gasteiger partial charge in [-0.25, -0.2) is 18.7 Å². The number of hydrogen-bond donors (Lipinski definition) is 0. The van der Waals surface area contributed by atoms with Crippen molar-refractivity contribution in [3.63, 3.8) is 0 Å². The fourth-order valence-corrected chi connectivity index (χ4v) is 3.89. The van der Waals surface area contributed by atoms with Crippen molar-refractivity contribution in [1.29, 1.82) is 0 Å². The average molecular weight is 352 g/mol. The Labute approximate surface area is 149 Å². The summed E-state index contributed by atoms with van der Waals surface area (Å²) in [6.07, 6.45) is 6.37. The van der Waals surface area contributed by atoms with Crippen molar-refractivity contribution in [2.24, 2.45) is 0 Å². The first-order valence-electron chi connectivity index (χ1n) is 8.73. The van der Waals surface area contributed by atoms with Crippen LogP contribution >= 0.6 is 0 Å². The maximum Gasteiger partial charge on any atom is 0.143 e. The normalized spacial score (nSPS) is 19.6. The molecule has 4 aromatic rings. The second kappa shape index (κ2) is 5.13. The van der Waals surface area contributed by atoms with Crippen molar-refractivity contribution < 1.29 is 8.78 Å². The maximum atomic E-state index is 13.8. The highest BCUT2D eigenvalue weighted by Gasteiger charge is 2.44. The predicted molar refractivity (Wildman–Crippen MR) is 94.6 cm³/mol. The first kappa shape index (κ1) is 15.5. The van der Waals surface area contributed by atoms with Crippen molar-refractivity contribution in [2.45, 2.75) is 39.0 Å². The molecule has 1 aliphatic rings. The number of aromatic nitrogens is 4. The topological polar surface area (TPSA) is 34.6 Å². The molecule has 6 heteroatoms. The summed E-state index contributed by atoms with van der Waals surface area (Å²) in [5.74, 6) is 0.0634. The van der Waals surface area contributed by atoms with Crippen molar-refractivity contribution in [3.05, 3.63) is 70.6 Å². The molecule has 5 rings (SSSR count). The zero-order valence-electron chi connectivity index (χ0n) is 14.8. The molecule has 0 amide bonds. The van der Waals surface area contributed by atoms with Crippen molar-refractivity contribution in [3.8, 4) is 0 Å². The second-order valence-electron chi connectivity index (χ2n) is 7.20. The number of nitrogens with zero attached hydrogens (tertiary/aromatic N) is 4. The summed E-state index contributed by atoms with van der Waals surface area (Å²) in [5.41, 5.74) is 5.48. The van der Waals surface area contributed by atoms with Crippen LogP contribution in [-0.4, -0.2) is 18.8 Å². The lowest BCUT2D eigenvalue weighted by atomic mass is 10.2. The summed E-state index contributed by atoms with van der Waals surface area (Å²) in [4.78, 5) is 9.38. The van der Waals surface area contributed by atoms with E-state index in [0.717, 1.165) is 23.5 Å². The highest BCUT2D eigenvalue weighted by molar-refractivity contribution is 5.54. The fourth-order valence-electron chi connectivity index (χ4n) is 3.89. The smallest absolute Gasteiger partial charge is 0.143 e. The molecule has 2 atom stereocenters. The number of imidazole rings is 2. The lowest BCUT2D eigenvalue weighted by molar-refractivity contribution is 0.616. The van der Waals surface area contributed by atoms with Gasteiger partial charge in [0.15, 0.2) is 0 Å². The Kier molecular flexibility index (Phi) is 3.05. The van der Waals surface area contributed by atoms with Gasteiger partial charge in [0.25, 0.3) is 0 Å². The molecule has 0 bridgehead atoms. The van der Waals surface area contributed by atoms with Crippen molar-refractivity contribution in [2.75, 3.05) is 0 Å². The Morgan fingerprint density at radius 1 is 0.923 bits per heavy atom. The molecule has 1 fully saturated rings. The molecule has 0 aliphatic heterocycles. The highest BCUT2D eigenvalue weighted by Crippen LogP contribution is 2.54. The van der Waals surface area contributed by atoms with Gasteiger partial charge in [-0.1, -0.05) is 0 Å². The van der Waals surface area contributed by atoms with Crippen LogP contribution in [0.2, 0.25) is 0 Å². The van der Waals surface area contributed by atoms with Crippen LogP contribution in [0.3, 0.4) is 0 Å². The zero-order valence-corrected chi connectivity index (χ0v) is 14.8. The van der Waals surface area contributed by atoms with E-state index in [1.54, 1.807) is 26.2 Å². The molecule has 132 valence electrons. The van der Waals surface area contributed by atoms with E-state index in [2.05, 4.69) is 4.98 Å². The molecule has 0 aromatic carbocycles. The van der Waals surface area contributed by atoms with Gasteiger partial charge in [0, 0.05) is 47.2 Å². The molecule has 0 radical (unpaired) electrons. The van der Waals surface area contributed by atoms with Crippen LogP contribution in [-0.2, 0) is 0 Å². The third-order valence-corrected chi connectivity index (χ3v) is 5.60. The summed E-state index contributed by atoms with van der Waals surface area (Å²) in [5, 5.41) is 0. The van der Waals surface area contributed by atoms with Gasteiger partial charge in [-0.2, -0.15) is 0 Å². The monoisotopic (exact) mass is 352 g/mol. The van der Waals surface area contributed by atoms with E-state index < -0.39 is 0 Å². The summed E-state index contributed by atoms with van der Waals surface area (Å²) in [7, 11) is 0. The van der Waals surface area contributed by atoms with Crippen molar-refractivity contribution in [1.82, 2.24) is 18.8 Å². The number of halogens is 2. The van der Waals surface area contributed by atoms with Crippen LogP contribution < -0.4 is 0 Å². The first-order chi connectivity index (χ1) is 12.5. The van der Waals surface area contributed by atoms with Crippen LogP contribution in [0.1, 0.15) is 46.5 Å². The molecule has 4 nitrogen and oxygen atoms in total. The molecule has 0 N–H and O–H groups in total. The first-order valence-corrected chi connectivity index (χ1v) is 8.73. The summed E-state index contributed by atoms with van der Waals surface area (Å²) >= 11 is 0. The van der Waals surface area contributed by atoms with E-state index in [4.69, 9.17) is 4.98 Å². The number of aryl methyl sites for hydroxylation is 3. The lowest BCUT2D eigenvalue weighted by Crippen LogP contribution is -1.93. The van der Waals surface area contributed by atoms with E-state index in [0.29, 0.717) is 22.4 Å². The molecule has 4 heterocycles. The van der Waals surface area contributed by atoms with Gasteiger partial charge in [0.05, 0.1) is 11.4 Å². The fraction of sp³-hybridized carbons (Fsp3) is 0.300. The molecular formula is C20H18F2N4. The minimum absolute atomic E-state index is 0.237. The van der Waals surface area contributed by atoms with Crippen LogP contribution in [0, 0.1) is 32.4 Å². The zero-order chi connectivity index (χ0) is 18.2. The molecule has 1 saturated carbocycles. The quantitative estimate of drug-likeness (QED) is 0.534. The Hall–Kier alpha value is -2.76. The predicted octanol–water partition coefficient (Wildman–Crippen LogP) is 4.46. The standard InChI is InChI=1S/C20H18F2N4/c1-10-15(21)4-6-25-9-17(23-19(10)25)13-8-14(13)18-12(3)26-7-5-16(22)11(2)20(26)24-18/h4-7,9,13-14H,8H2,1-3H3. The van der Waals surface area contributed by atoms with E-state index >= 15 is 0 Å². The largest absolute Gasteiger partial charge is 0.306 e. The van der Waals surface area contributed by atoms with Gasteiger partial charge in [-0.3, -0.25) is 0 Å². The molecule has 0 spiro atoms. The van der Waals surface area contributed by atoms with Gasteiger partial charge in [-0.15, -0.1) is 0 Å². The summed E-state index contributed by atoms with van der Waals surface area (Å²) < 4.78 is 31.4. The number of pyridine rings is 2. The van der Waals surface area contributed by atoms with Crippen molar-refractivity contribution >= 4 is 11.3 Å². The maximum absolute atomic E-state index is 13.8. The van der Waals surface area contributed by atoms with Gasteiger partial charge in [0.1, 0.15) is 22.9 Å². The van der Waals surface area contributed by atoms with Crippen LogP contribution in [0.4, 0.5) is 8.78 Å². The van der Waals surface area contributed by atoms with Crippen LogP contribution in [0.25, 0.3) is 11.3 Å². The van der Waals surface area contributed by atoms with Gasteiger partial charge < -0.3 is 8.80 Å². The molecule has 26 heavy (non-hydrogen) atoms. The SMILES string of the molecule is Cc1c(F)ccn2cc(C3CC3c3nc4c(C)c(F)ccn4c3C)nc12. The van der Waals surface area contributed by atoms with E-state index in [1.165, 1.54) is 12.1 Å². The third kappa shape index (κ3) is 2.04. The minimum atomic E-state index is -0.240. The van der Waals surface area contributed by atoms with Crippen LogP contribution in [0.15, 0.2) is 30.7 Å². The average Bonchev–Trinajstić information content (AvgIpc) is 3.17. The number of hydrogen-bond acceptors (Lipinski definition) is 2. The molecule has 1 aliphatic carbocycles. The number of fused-ring (bicyclic) bond motifs is 2.